The zero-order valence-electron chi connectivity index (χ0n) is 15.6. The number of hydrogen-bond acceptors (Lipinski definition) is 7. The highest BCUT2D eigenvalue weighted by Gasteiger charge is 2.09. The van der Waals surface area contributed by atoms with Gasteiger partial charge in [0.15, 0.2) is 11.5 Å². The molecule has 30 heavy (non-hydrogen) atoms. The Hall–Kier alpha value is -4.27. The van der Waals surface area contributed by atoms with E-state index >= 15 is 0 Å². The second-order valence-corrected chi connectivity index (χ2v) is 6.20. The molecule has 0 heterocycles. The van der Waals surface area contributed by atoms with Crippen molar-refractivity contribution >= 4 is 11.4 Å². The summed E-state index contributed by atoms with van der Waals surface area (Å²) in [6.45, 7) is 0.109. The third-order valence-corrected chi connectivity index (χ3v) is 4.14. The molecule has 9 heteroatoms. The maximum absolute atomic E-state index is 12.7. The number of rotatable bonds is 8. The summed E-state index contributed by atoms with van der Waals surface area (Å²) < 4.78 is 11.2. The van der Waals surface area contributed by atoms with Crippen molar-refractivity contribution in [2.45, 2.75) is 13.2 Å². The minimum atomic E-state index is -0.494. The van der Waals surface area contributed by atoms with E-state index < -0.39 is 15.3 Å². The Bertz CT molecular complexity index is 1030. The summed E-state index contributed by atoms with van der Waals surface area (Å²) >= 11 is 0. The van der Waals surface area contributed by atoms with Crippen LogP contribution in [0.15, 0.2) is 77.6 Å². The fourth-order valence-electron chi connectivity index (χ4n) is 2.54. The lowest BCUT2D eigenvalue weighted by Crippen LogP contribution is -2.10. The van der Waals surface area contributed by atoms with Gasteiger partial charge in [0, 0.05) is 24.3 Å². The highest BCUT2D eigenvalue weighted by molar-refractivity contribution is 5.35. The Morgan fingerprint density at radius 3 is 1.33 bits per heavy atom. The van der Waals surface area contributed by atoms with E-state index in [0.29, 0.717) is 11.1 Å². The molecule has 0 aliphatic rings. The summed E-state index contributed by atoms with van der Waals surface area (Å²) in [4.78, 5) is 33.1. The van der Waals surface area contributed by atoms with E-state index in [1.165, 1.54) is 36.4 Å². The van der Waals surface area contributed by atoms with Gasteiger partial charge in [-0.15, -0.1) is 0 Å². The minimum absolute atomic E-state index is 0.0312. The summed E-state index contributed by atoms with van der Waals surface area (Å²) in [5, 5.41) is 21.4. The monoisotopic (exact) mass is 408 g/mol. The van der Waals surface area contributed by atoms with Crippen LogP contribution in [0.2, 0.25) is 0 Å². The predicted octanol–water partition coefficient (Wildman–Crippen LogP) is 4.02. The maximum Gasteiger partial charge on any atom is 0.269 e. The predicted molar refractivity (Wildman–Crippen MR) is 108 cm³/mol. The van der Waals surface area contributed by atoms with Crippen LogP contribution in [0.3, 0.4) is 0 Å². The molecule has 0 saturated heterocycles. The number of ether oxygens (including phenoxy) is 2. The van der Waals surface area contributed by atoms with Gasteiger partial charge in [-0.05, 0) is 47.5 Å². The Kier molecular flexibility index (Phi) is 6.33. The van der Waals surface area contributed by atoms with Crippen LogP contribution in [0, 0.1) is 20.2 Å². The number of non-ortho nitro benzene ring substituents is 2. The van der Waals surface area contributed by atoms with E-state index in [4.69, 9.17) is 9.47 Å². The van der Waals surface area contributed by atoms with E-state index in [1.54, 1.807) is 36.4 Å². The van der Waals surface area contributed by atoms with Gasteiger partial charge in [-0.3, -0.25) is 25.0 Å². The van der Waals surface area contributed by atoms with E-state index in [2.05, 4.69) is 0 Å². The summed E-state index contributed by atoms with van der Waals surface area (Å²) in [5.41, 5.74) is 0.816. The summed E-state index contributed by atoms with van der Waals surface area (Å²) in [5.74, 6) is 0.133. The van der Waals surface area contributed by atoms with Gasteiger partial charge in [-0.1, -0.05) is 12.1 Å². The van der Waals surface area contributed by atoms with Crippen molar-refractivity contribution in [3.63, 3.8) is 0 Å². The summed E-state index contributed by atoms with van der Waals surface area (Å²) in [7, 11) is 0. The molecular weight excluding hydrogens is 392 g/mol. The normalized spacial score (nSPS) is 10.3. The van der Waals surface area contributed by atoms with E-state index in [1.807, 2.05) is 0 Å². The maximum atomic E-state index is 12.7. The molecule has 152 valence electrons. The van der Waals surface area contributed by atoms with E-state index in [0.717, 1.165) is 0 Å². The molecule has 0 aliphatic carbocycles. The summed E-state index contributed by atoms with van der Waals surface area (Å²) in [6, 6.07) is 17.9. The van der Waals surface area contributed by atoms with Crippen molar-refractivity contribution in [3.8, 4) is 11.5 Å². The third kappa shape index (κ3) is 5.16. The third-order valence-electron chi connectivity index (χ3n) is 4.14. The average Bonchev–Trinajstić information content (AvgIpc) is 2.92. The minimum Gasteiger partial charge on any atom is -0.485 e. The first-order valence-electron chi connectivity index (χ1n) is 8.79. The second-order valence-electron chi connectivity index (χ2n) is 6.20. The van der Waals surface area contributed by atoms with Crippen molar-refractivity contribution in [1.29, 1.82) is 0 Å². The zero-order valence-corrected chi connectivity index (χ0v) is 15.6. The van der Waals surface area contributed by atoms with Crippen LogP contribution in [0.1, 0.15) is 11.1 Å². The Morgan fingerprint density at radius 2 is 1.00 bits per heavy atom. The molecule has 9 nitrogen and oxygen atoms in total. The van der Waals surface area contributed by atoms with Gasteiger partial charge in [0.2, 0.25) is 0 Å². The molecule has 0 aromatic heterocycles. The molecule has 3 rings (SSSR count). The van der Waals surface area contributed by atoms with Crippen molar-refractivity contribution in [2.75, 3.05) is 0 Å². The van der Waals surface area contributed by atoms with Gasteiger partial charge in [0.05, 0.1) is 9.85 Å². The topological polar surface area (TPSA) is 122 Å². The number of nitro groups is 2. The van der Waals surface area contributed by atoms with Gasteiger partial charge in [-0.25, -0.2) is 0 Å². The Morgan fingerprint density at radius 1 is 0.633 bits per heavy atom. The van der Waals surface area contributed by atoms with E-state index in [-0.39, 0.29) is 36.1 Å². The molecule has 0 fully saturated rings. The number of nitrogens with zero attached hydrogens (tertiary/aromatic N) is 2. The van der Waals surface area contributed by atoms with Gasteiger partial charge in [0.1, 0.15) is 13.2 Å². The van der Waals surface area contributed by atoms with Gasteiger partial charge in [-0.2, -0.15) is 0 Å². The molecule has 0 N–H and O–H groups in total. The molecule has 0 aliphatic heterocycles. The first-order valence-corrected chi connectivity index (χ1v) is 8.79. The summed E-state index contributed by atoms with van der Waals surface area (Å²) in [6.07, 6.45) is 0. The van der Waals surface area contributed by atoms with Crippen LogP contribution in [0.4, 0.5) is 11.4 Å². The molecular formula is C21H16N2O7. The number of nitro benzene ring substituents is 2. The Balaban J connectivity index is 1.69. The quantitative estimate of drug-likeness (QED) is 0.407. The van der Waals surface area contributed by atoms with Crippen LogP contribution in [-0.4, -0.2) is 9.85 Å². The number of benzene rings is 2. The van der Waals surface area contributed by atoms with Gasteiger partial charge in [0.25, 0.3) is 16.8 Å². The average molecular weight is 408 g/mol. The molecule has 0 radical (unpaired) electrons. The lowest BCUT2D eigenvalue weighted by Gasteiger charge is -2.07. The van der Waals surface area contributed by atoms with Crippen molar-refractivity contribution in [3.05, 3.63) is 114 Å². The molecule has 0 unspecified atom stereocenters. The fraction of sp³-hybridized carbons (Fsp3) is 0.0952. The smallest absolute Gasteiger partial charge is 0.269 e. The van der Waals surface area contributed by atoms with Gasteiger partial charge < -0.3 is 9.47 Å². The second kappa shape index (κ2) is 9.28. The molecule has 3 aromatic rings. The van der Waals surface area contributed by atoms with E-state index in [9.17, 15) is 25.0 Å². The molecule has 0 spiro atoms. The van der Waals surface area contributed by atoms with Crippen molar-refractivity contribution in [1.82, 2.24) is 0 Å². The molecule has 0 atom stereocenters. The lowest BCUT2D eigenvalue weighted by atomic mass is 10.2. The van der Waals surface area contributed by atoms with Crippen LogP contribution in [-0.2, 0) is 13.2 Å². The van der Waals surface area contributed by atoms with Crippen LogP contribution < -0.4 is 14.9 Å². The molecule has 0 bridgehead atoms. The number of hydrogen-bond donors (Lipinski definition) is 0. The highest BCUT2D eigenvalue weighted by atomic mass is 16.6. The van der Waals surface area contributed by atoms with Crippen LogP contribution in [0.25, 0.3) is 0 Å². The molecule has 0 amide bonds. The first kappa shape index (κ1) is 20.5. The lowest BCUT2D eigenvalue weighted by molar-refractivity contribution is -0.385. The Labute approximate surface area is 170 Å². The van der Waals surface area contributed by atoms with Crippen molar-refractivity contribution in [2.24, 2.45) is 0 Å². The zero-order chi connectivity index (χ0) is 21.5. The molecule has 3 aromatic carbocycles. The highest BCUT2D eigenvalue weighted by Crippen LogP contribution is 2.17. The largest absolute Gasteiger partial charge is 0.485 e. The fourth-order valence-corrected chi connectivity index (χ4v) is 2.54. The van der Waals surface area contributed by atoms with Crippen molar-refractivity contribution < 1.29 is 19.3 Å². The van der Waals surface area contributed by atoms with Crippen LogP contribution >= 0.6 is 0 Å². The van der Waals surface area contributed by atoms with Gasteiger partial charge >= 0.3 is 0 Å². The molecule has 0 saturated carbocycles. The SMILES string of the molecule is O=c1c(OCc2ccc([N+](=O)[O-])cc2)ccccc1OCc1ccc([N+](=O)[O-])cc1. The standard InChI is InChI=1S/C21H16N2O7/c24-21-19(29-13-15-5-9-17(10-6-15)22(25)26)3-1-2-4-20(21)30-14-16-7-11-18(12-8-16)23(27)28/h1-12H,13-14H2. The van der Waals surface area contributed by atoms with Crippen LogP contribution in [0.5, 0.6) is 11.5 Å². The first-order chi connectivity index (χ1) is 14.4.